The fraction of sp³-hybridized carbons (Fsp3) is 0.588. The summed E-state index contributed by atoms with van der Waals surface area (Å²) in [6.07, 6.45) is -4.22. The molecule has 0 amide bonds. The number of hydrogen-bond donors (Lipinski definition) is 2. The molecule has 1 aromatic carbocycles. The SMILES string of the molecule is CN=C(NCc1cc(OC)ccc1O)N1CCN(C(C)C(F)(F)F)CC1. The van der Waals surface area contributed by atoms with E-state index in [0.29, 0.717) is 50.0 Å². The molecule has 0 aliphatic carbocycles. The summed E-state index contributed by atoms with van der Waals surface area (Å²) >= 11 is 0. The van der Waals surface area contributed by atoms with Crippen LogP contribution in [-0.2, 0) is 6.54 Å². The van der Waals surface area contributed by atoms with Crippen molar-refractivity contribution in [1.29, 1.82) is 0 Å². The van der Waals surface area contributed by atoms with Gasteiger partial charge in [0.05, 0.1) is 7.11 Å². The van der Waals surface area contributed by atoms with Crippen molar-refractivity contribution in [3.05, 3.63) is 23.8 Å². The van der Waals surface area contributed by atoms with Gasteiger partial charge in [-0.2, -0.15) is 13.2 Å². The first-order valence-corrected chi connectivity index (χ1v) is 8.38. The predicted octanol–water partition coefficient (Wildman–Crippen LogP) is 2.04. The third kappa shape index (κ3) is 4.94. The second-order valence-electron chi connectivity index (χ2n) is 6.14. The lowest BCUT2D eigenvalue weighted by Crippen LogP contribution is -2.56. The number of hydrogen-bond acceptors (Lipinski definition) is 4. The molecular weight excluding hydrogens is 349 g/mol. The lowest BCUT2D eigenvalue weighted by atomic mass is 10.2. The summed E-state index contributed by atoms with van der Waals surface area (Å²) in [5.74, 6) is 1.36. The minimum atomic E-state index is -4.22. The Morgan fingerprint density at radius 3 is 2.50 bits per heavy atom. The third-order valence-corrected chi connectivity index (χ3v) is 4.57. The van der Waals surface area contributed by atoms with Crippen molar-refractivity contribution in [3.63, 3.8) is 0 Å². The predicted molar refractivity (Wildman–Crippen MR) is 93.5 cm³/mol. The summed E-state index contributed by atoms with van der Waals surface area (Å²) in [5.41, 5.74) is 0.648. The van der Waals surface area contributed by atoms with Gasteiger partial charge in [-0.3, -0.25) is 9.89 Å². The Balaban J connectivity index is 1.93. The van der Waals surface area contributed by atoms with E-state index in [2.05, 4.69) is 10.3 Å². The first-order chi connectivity index (χ1) is 12.3. The molecule has 1 aliphatic heterocycles. The normalized spacial score (nSPS) is 17.9. The molecular formula is C17H25F3N4O2. The standard InChI is InChI=1S/C17H25F3N4O2/c1-12(17(18,19)20)23-6-8-24(9-7-23)16(21-2)22-11-13-10-14(26-3)4-5-15(13)25/h4-5,10,12,25H,6-9,11H2,1-3H3,(H,21,22). The van der Waals surface area contributed by atoms with Gasteiger partial charge in [0.15, 0.2) is 5.96 Å². The van der Waals surface area contributed by atoms with Crippen LogP contribution in [-0.4, -0.2) is 73.4 Å². The quantitative estimate of drug-likeness (QED) is 0.624. The Bertz CT molecular complexity index is 629. The molecule has 1 aliphatic rings. The van der Waals surface area contributed by atoms with E-state index in [9.17, 15) is 18.3 Å². The van der Waals surface area contributed by atoms with Gasteiger partial charge in [0.2, 0.25) is 0 Å². The van der Waals surface area contributed by atoms with Crippen LogP contribution >= 0.6 is 0 Å². The Morgan fingerprint density at radius 2 is 1.96 bits per heavy atom. The van der Waals surface area contributed by atoms with E-state index in [1.165, 1.54) is 11.8 Å². The van der Waals surface area contributed by atoms with E-state index in [-0.39, 0.29) is 5.75 Å². The molecule has 1 unspecified atom stereocenters. The number of methoxy groups -OCH3 is 1. The maximum Gasteiger partial charge on any atom is 0.403 e. The number of piperazine rings is 1. The maximum atomic E-state index is 12.8. The number of nitrogens with zero attached hydrogens (tertiary/aromatic N) is 3. The molecule has 0 saturated carbocycles. The Labute approximate surface area is 151 Å². The third-order valence-electron chi connectivity index (χ3n) is 4.57. The number of phenolic OH excluding ortho intramolecular Hbond substituents is 1. The van der Waals surface area contributed by atoms with Crippen LogP contribution in [0.2, 0.25) is 0 Å². The zero-order valence-corrected chi connectivity index (χ0v) is 15.2. The molecule has 1 heterocycles. The summed E-state index contributed by atoms with van der Waals surface area (Å²) in [6.45, 7) is 3.04. The molecule has 1 aromatic rings. The van der Waals surface area contributed by atoms with Gasteiger partial charge >= 0.3 is 6.18 Å². The van der Waals surface area contributed by atoms with Crippen LogP contribution in [0.1, 0.15) is 12.5 Å². The van der Waals surface area contributed by atoms with Crippen LogP contribution in [0.3, 0.4) is 0 Å². The van der Waals surface area contributed by atoms with Gasteiger partial charge in [-0.1, -0.05) is 0 Å². The molecule has 1 atom stereocenters. The van der Waals surface area contributed by atoms with E-state index in [4.69, 9.17) is 4.74 Å². The second-order valence-corrected chi connectivity index (χ2v) is 6.14. The summed E-state index contributed by atoms with van der Waals surface area (Å²) in [5, 5.41) is 13.1. The van der Waals surface area contributed by atoms with Gasteiger partial charge in [0, 0.05) is 45.3 Å². The van der Waals surface area contributed by atoms with Crippen molar-refractivity contribution in [2.24, 2.45) is 4.99 Å². The van der Waals surface area contributed by atoms with Gasteiger partial charge < -0.3 is 20.1 Å². The molecule has 9 heteroatoms. The molecule has 1 saturated heterocycles. The zero-order valence-electron chi connectivity index (χ0n) is 15.2. The van der Waals surface area contributed by atoms with Crippen LogP contribution in [0.15, 0.2) is 23.2 Å². The van der Waals surface area contributed by atoms with Crippen molar-refractivity contribution in [2.75, 3.05) is 40.3 Å². The number of halogens is 3. The molecule has 1 fully saturated rings. The van der Waals surface area contributed by atoms with Crippen LogP contribution in [0.25, 0.3) is 0 Å². The van der Waals surface area contributed by atoms with Crippen LogP contribution in [0.5, 0.6) is 11.5 Å². The summed E-state index contributed by atoms with van der Waals surface area (Å²) in [6, 6.07) is 3.48. The molecule has 0 bridgehead atoms. The molecule has 6 nitrogen and oxygen atoms in total. The first-order valence-electron chi connectivity index (χ1n) is 8.38. The van der Waals surface area contributed by atoms with Gasteiger partial charge in [-0.25, -0.2) is 0 Å². The van der Waals surface area contributed by atoms with E-state index >= 15 is 0 Å². The smallest absolute Gasteiger partial charge is 0.403 e. The van der Waals surface area contributed by atoms with Crippen LogP contribution in [0.4, 0.5) is 13.2 Å². The highest BCUT2D eigenvalue weighted by atomic mass is 19.4. The number of phenols is 1. The number of rotatable bonds is 4. The highest BCUT2D eigenvalue weighted by Gasteiger charge is 2.41. The van der Waals surface area contributed by atoms with Crippen molar-refractivity contribution < 1.29 is 23.0 Å². The minimum absolute atomic E-state index is 0.137. The van der Waals surface area contributed by atoms with Crippen molar-refractivity contribution in [3.8, 4) is 11.5 Å². The largest absolute Gasteiger partial charge is 0.508 e. The van der Waals surface area contributed by atoms with Crippen LogP contribution < -0.4 is 10.1 Å². The van der Waals surface area contributed by atoms with Gasteiger partial charge in [-0.15, -0.1) is 0 Å². The number of aliphatic imine (C=N–C) groups is 1. The van der Waals surface area contributed by atoms with E-state index < -0.39 is 12.2 Å². The topological polar surface area (TPSA) is 60.3 Å². The Morgan fingerprint density at radius 1 is 1.31 bits per heavy atom. The monoisotopic (exact) mass is 374 g/mol. The lowest BCUT2D eigenvalue weighted by molar-refractivity contribution is -0.181. The maximum absolute atomic E-state index is 12.8. The molecule has 0 spiro atoms. The van der Waals surface area contributed by atoms with Crippen molar-refractivity contribution in [2.45, 2.75) is 25.7 Å². The number of alkyl halides is 3. The number of ether oxygens (including phenoxy) is 1. The lowest BCUT2D eigenvalue weighted by Gasteiger charge is -2.39. The van der Waals surface area contributed by atoms with Crippen molar-refractivity contribution in [1.82, 2.24) is 15.1 Å². The Kier molecular flexibility index (Phi) is 6.57. The van der Waals surface area contributed by atoms with Crippen molar-refractivity contribution >= 4 is 5.96 Å². The molecule has 146 valence electrons. The van der Waals surface area contributed by atoms with Gasteiger partial charge in [-0.05, 0) is 25.1 Å². The first kappa shape index (κ1) is 20.2. The summed E-state index contributed by atoms with van der Waals surface area (Å²) in [4.78, 5) is 7.54. The highest BCUT2D eigenvalue weighted by molar-refractivity contribution is 5.80. The number of aromatic hydroxyl groups is 1. The molecule has 0 aromatic heterocycles. The average Bonchev–Trinajstić information content (AvgIpc) is 2.62. The highest BCUT2D eigenvalue weighted by Crippen LogP contribution is 2.25. The minimum Gasteiger partial charge on any atom is -0.508 e. The summed E-state index contributed by atoms with van der Waals surface area (Å²) < 4.78 is 43.7. The van der Waals surface area contributed by atoms with Crippen LogP contribution in [0, 0.1) is 0 Å². The molecule has 26 heavy (non-hydrogen) atoms. The van der Waals surface area contributed by atoms with E-state index in [0.717, 1.165) is 0 Å². The fourth-order valence-electron chi connectivity index (χ4n) is 2.87. The number of nitrogens with one attached hydrogen (secondary N) is 1. The van der Waals surface area contributed by atoms with E-state index in [1.807, 2.05) is 4.90 Å². The summed E-state index contributed by atoms with van der Waals surface area (Å²) in [7, 11) is 3.17. The second kappa shape index (κ2) is 8.48. The number of benzene rings is 1. The molecule has 0 radical (unpaired) electrons. The molecule has 2 N–H and O–H groups in total. The van der Waals surface area contributed by atoms with Gasteiger partial charge in [0.1, 0.15) is 17.5 Å². The van der Waals surface area contributed by atoms with E-state index in [1.54, 1.807) is 32.4 Å². The fourth-order valence-corrected chi connectivity index (χ4v) is 2.87. The number of guanidine groups is 1. The van der Waals surface area contributed by atoms with Gasteiger partial charge in [0.25, 0.3) is 0 Å². The average molecular weight is 374 g/mol. The zero-order chi connectivity index (χ0) is 19.3. The molecule has 2 rings (SSSR count). The Hall–Kier alpha value is -2.16.